The lowest BCUT2D eigenvalue weighted by atomic mass is 9.83. The maximum absolute atomic E-state index is 14.0. The number of thioether (sulfide) groups is 1. The lowest BCUT2D eigenvalue weighted by molar-refractivity contribution is -0.137. The van der Waals surface area contributed by atoms with Crippen LogP contribution in [-0.2, 0) is 31.8 Å². The van der Waals surface area contributed by atoms with Crippen LogP contribution in [0.3, 0.4) is 0 Å². The minimum atomic E-state index is -4.80. The number of hydrogen-bond acceptors (Lipinski definition) is 8. The number of halogens is 3. The minimum Gasteiger partial charge on any atom is -0.497 e. The van der Waals surface area contributed by atoms with Gasteiger partial charge in [-0.2, -0.15) is 13.2 Å². The smallest absolute Gasteiger partial charge is 0.418 e. The van der Waals surface area contributed by atoms with Crippen molar-refractivity contribution in [3.63, 3.8) is 0 Å². The van der Waals surface area contributed by atoms with Crippen LogP contribution in [0.15, 0.2) is 58.4 Å². The van der Waals surface area contributed by atoms with E-state index in [1.165, 1.54) is 23.8 Å². The highest BCUT2D eigenvalue weighted by Gasteiger charge is 2.57. The number of alkyl halides is 3. The number of carbonyl (C=O) groups is 3. The summed E-state index contributed by atoms with van der Waals surface area (Å²) in [5, 5.41) is -0.752. The zero-order valence-electron chi connectivity index (χ0n) is 22.1. The molecular weight excluding hydrogens is 595 g/mol. The third-order valence-electron chi connectivity index (χ3n) is 7.63. The Balaban J connectivity index is 1.45. The van der Waals surface area contributed by atoms with Gasteiger partial charge in [-0.15, -0.1) is 0 Å². The molecule has 14 heteroatoms. The average Bonchev–Trinajstić information content (AvgIpc) is 3.43. The Labute approximate surface area is 245 Å². The van der Waals surface area contributed by atoms with Crippen LogP contribution >= 0.6 is 23.1 Å². The molecule has 6 rings (SSSR count). The molecule has 220 valence electrons. The van der Waals surface area contributed by atoms with Crippen LogP contribution in [-0.4, -0.2) is 65.9 Å². The summed E-state index contributed by atoms with van der Waals surface area (Å²) in [5.74, 6) is -3.23. The van der Waals surface area contributed by atoms with E-state index in [0.29, 0.717) is 52.4 Å². The molecule has 0 radical (unpaired) electrons. The van der Waals surface area contributed by atoms with E-state index in [1.807, 2.05) is 0 Å². The van der Waals surface area contributed by atoms with Gasteiger partial charge < -0.3 is 14.4 Å². The van der Waals surface area contributed by atoms with Gasteiger partial charge in [0.1, 0.15) is 17.5 Å². The Bertz CT molecular complexity index is 1610. The first-order valence-corrected chi connectivity index (χ1v) is 14.7. The number of ether oxygens (including phenoxy) is 2. The van der Waals surface area contributed by atoms with Crippen molar-refractivity contribution in [2.75, 3.05) is 38.3 Å². The molecule has 0 spiro atoms. The number of fused-ring (bicyclic) bond motifs is 2. The molecule has 0 bridgehead atoms. The highest BCUT2D eigenvalue weighted by Crippen LogP contribution is 2.54. The number of aromatic nitrogens is 1. The summed E-state index contributed by atoms with van der Waals surface area (Å²) in [6, 6.07) is 11.2. The van der Waals surface area contributed by atoms with Gasteiger partial charge in [-0.1, -0.05) is 47.4 Å². The second-order valence-electron chi connectivity index (χ2n) is 9.96. The first-order valence-electron chi connectivity index (χ1n) is 13.0. The Morgan fingerprint density at radius 3 is 2.38 bits per heavy atom. The van der Waals surface area contributed by atoms with E-state index in [4.69, 9.17) is 9.47 Å². The average molecular weight is 620 g/mol. The molecule has 9 nitrogen and oxygen atoms in total. The van der Waals surface area contributed by atoms with Crippen LogP contribution in [0, 0.1) is 5.92 Å². The quantitative estimate of drug-likeness (QED) is 0.403. The summed E-state index contributed by atoms with van der Waals surface area (Å²) in [4.78, 5) is 56.4. The summed E-state index contributed by atoms with van der Waals surface area (Å²) in [7, 11) is 1.49. The van der Waals surface area contributed by atoms with E-state index in [-0.39, 0.29) is 12.5 Å². The topological polar surface area (TPSA) is 98.2 Å². The second kappa shape index (κ2) is 10.9. The zero-order valence-corrected chi connectivity index (χ0v) is 23.8. The van der Waals surface area contributed by atoms with E-state index in [9.17, 15) is 32.3 Å². The van der Waals surface area contributed by atoms with Crippen molar-refractivity contribution in [3.8, 4) is 5.75 Å². The van der Waals surface area contributed by atoms with Crippen molar-refractivity contribution in [2.24, 2.45) is 5.92 Å². The maximum atomic E-state index is 14.0. The Morgan fingerprint density at radius 1 is 1.02 bits per heavy atom. The molecule has 1 aromatic heterocycles. The van der Waals surface area contributed by atoms with Gasteiger partial charge in [-0.3, -0.25) is 23.7 Å². The van der Waals surface area contributed by atoms with Crippen molar-refractivity contribution < 1.29 is 37.0 Å². The molecule has 0 saturated carbocycles. The molecule has 2 saturated heterocycles. The number of carbonyl (C=O) groups excluding carboxylic acids is 3. The normalized spacial score (nSPS) is 22.2. The summed E-state index contributed by atoms with van der Waals surface area (Å²) < 4.78 is 53.7. The number of amides is 3. The Hall–Kier alpha value is -3.62. The number of para-hydroxylation sites is 1. The number of imide groups is 1. The number of methoxy groups -OCH3 is 1. The summed E-state index contributed by atoms with van der Waals surface area (Å²) in [6.07, 6.45) is -4.80. The van der Waals surface area contributed by atoms with Gasteiger partial charge in [0.15, 0.2) is 0 Å². The highest BCUT2D eigenvalue weighted by molar-refractivity contribution is 8.00. The fourth-order valence-corrected chi connectivity index (χ4v) is 8.39. The van der Waals surface area contributed by atoms with E-state index in [2.05, 4.69) is 0 Å². The third-order valence-corrected chi connectivity index (χ3v) is 10.2. The van der Waals surface area contributed by atoms with Gasteiger partial charge in [-0.25, -0.2) is 4.90 Å². The molecule has 3 aliphatic rings. The van der Waals surface area contributed by atoms with Crippen LogP contribution in [0.25, 0.3) is 0 Å². The zero-order chi connectivity index (χ0) is 29.8. The van der Waals surface area contributed by atoms with Gasteiger partial charge in [0.05, 0.1) is 42.5 Å². The maximum Gasteiger partial charge on any atom is 0.418 e. The third kappa shape index (κ3) is 4.80. The predicted octanol–water partition coefficient (Wildman–Crippen LogP) is 3.59. The van der Waals surface area contributed by atoms with Gasteiger partial charge in [-0.05, 0) is 29.8 Å². The lowest BCUT2D eigenvalue weighted by Crippen LogP contribution is -2.43. The molecular formula is C28H24F3N3O6S2. The summed E-state index contributed by atoms with van der Waals surface area (Å²) >= 11 is 1.83. The van der Waals surface area contributed by atoms with E-state index < -0.39 is 51.2 Å². The van der Waals surface area contributed by atoms with E-state index >= 15 is 0 Å². The largest absolute Gasteiger partial charge is 0.497 e. The van der Waals surface area contributed by atoms with Gasteiger partial charge in [0.25, 0.3) is 0 Å². The standard InChI is InChI=1S/C28H24F3N3O6S2/c1-39-16-8-6-15(7-9-16)20-21-22(25(37)34(24(21)36)18-5-3-2-4-17(18)28(29,30)31)41-26-23(20)42-27(38)33(26)14-19(35)32-10-12-40-13-11-32/h2-9,20-22H,10-14H2,1H3. The first kappa shape index (κ1) is 28.5. The second-order valence-corrected chi connectivity index (χ2v) is 12.1. The van der Waals surface area contributed by atoms with Crippen molar-refractivity contribution in [2.45, 2.75) is 28.9 Å². The molecule has 2 fully saturated rings. The predicted molar refractivity (Wildman–Crippen MR) is 148 cm³/mol. The van der Waals surface area contributed by atoms with Crippen molar-refractivity contribution in [3.05, 3.63) is 74.2 Å². The van der Waals surface area contributed by atoms with Crippen LogP contribution in [0.2, 0.25) is 0 Å². The number of nitrogens with zero attached hydrogens (tertiary/aromatic N) is 3. The SMILES string of the molecule is COc1ccc(C2c3sc(=O)n(CC(=O)N4CCOCC4)c3SC3C(=O)N(c4ccccc4C(F)(F)F)C(=O)C32)cc1. The van der Waals surface area contributed by atoms with Gasteiger partial charge in [0.2, 0.25) is 17.7 Å². The highest BCUT2D eigenvalue weighted by atomic mass is 32.2. The molecule has 0 aliphatic carbocycles. The molecule has 2 aromatic carbocycles. The number of hydrogen-bond donors (Lipinski definition) is 0. The molecule has 3 aliphatic heterocycles. The summed E-state index contributed by atoms with van der Waals surface area (Å²) in [6.45, 7) is 1.26. The lowest BCUT2D eigenvalue weighted by Gasteiger charge is -2.31. The number of rotatable bonds is 5. The summed E-state index contributed by atoms with van der Waals surface area (Å²) in [5.41, 5.74) is -1.04. The van der Waals surface area contributed by atoms with Crippen LogP contribution in [0.1, 0.15) is 21.9 Å². The van der Waals surface area contributed by atoms with Gasteiger partial charge in [0, 0.05) is 23.9 Å². The number of thiazole rings is 1. The Morgan fingerprint density at radius 2 is 1.71 bits per heavy atom. The number of anilines is 1. The molecule has 42 heavy (non-hydrogen) atoms. The van der Waals surface area contributed by atoms with Crippen LogP contribution < -0.4 is 14.5 Å². The first-order chi connectivity index (χ1) is 20.1. The van der Waals surface area contributed by atoms with Crippen molar-refractivity contribution in [1.82, 2.24) is 9.47 Å². The molecule has 0 N–H and O–H groups in total. The monoisotopic (exact) mass is 619 g/mol. The molecule has 3 aromatic rings. The molecule has 3 unspecified atom stereocenters. The van der Waals surface area contributed by atoms with E-state index in [0.717, 1.165) is 35.2 Å². The number of benzene rings is 2. The van der Waals surface area contributed by atoms with Crippen molar-refractivity contribution in [1.29, 1.82) is 0 Å². The fourth-order valence-electron chi connectivity index (χ4n) is 5.62. The van der Waals surface area contributed by atoms with Gasteiger partial charge >= 0.3 is 11.0 Å². The van der Waals surface area contributed by atoms with Crippen LogP contribution in [0.4, 0.5) is 18.9 Å². The Kier molecular flexibility index (Phi) is 7.39. The molecule has 4 heterocycles. The number of morpholine rings is 1. The van der Waals surface area contributed by atoms with E-state index in [1.54, 1.807) is 29.2 Å². The molecule has 3 amide bonds. The minimum absolute atomic E-state index is 0.271. The fraction of sp³-hybridized carbons (Fsp3) is 0.357. The van der Waals surface area contributed by atoms with Crippen molar-refractivity contribution >= 4 is 46.5 Å². The molecule has 3 atom stereocenters. The van der Waals surface area contributed by atoms with Crippen LogP contribution in [0.5, 0.6) is 5.75 Å².